The highest BCUT2D eigenvalue weighted by Gasteiger charge is 2.24. The molecule has 174 valence electrons. The zero-order valence-electron chi connectivity index (χ0n) is 18.2. The number of urea groups is 1. The second-order valence-corrected chi connectivity index (χ2v) is 8.59. The van der Waals surface area contributed by atoms with Crippen LogP contribution in [-0.2, 0) is 4.79 Å². The Morgan fingerprint density at radius 2 is 1.57 bits per heavy atom. The van der Waals surface area contributed by atoms with Crippen molar-refractivity contribution in [3.8, 4) is 0 Å². The van der Waals surface area contributed by atoms with Gasteiger partial charge in [0.2, 0.25) is 0 Å². The van der Waals surface area contributed by atoms with E-state index in [1.54, 1.807) is 30.3 Å². The molecule has 0 bridgehead atoms. The van der Waals surface area contributed by atoms with Crippen molar-refractivity contribution in [2.45, 2.75) is 0 Å². The molecule has 0 unspecified atom stereocenters. The van der Waals surface area contributed by atoms with Crippen LogP contribution in [0.5, 0.6) is 0 Å². The molecule has 0 fully saturated rings. The molecular weight excluding hydrogens is 485 g/mol. The van der Waals surface area contributed by atoms with Gasteiger partial charge in [0.05, 0.1) is 27.0 Å². The average Bonchev–Trinajstić information content (AvgIpc) is 3.44. The highest BCUT2D eigenvalue weighted by molar-refractivity contribution is 6.40. The number of aromatic nitrogens is 1. The van der Waals surface area contributed by atoms with Crippen LogP contribution in [0, 0.1) is 0 Å². The molecule has 1 aliphatic rings. The lowest BCUT2D eigenvalue weighted by atomic mass is 10.1. The summed E-state index contributed by atoms with van der Waals surface area (Å²) in [5.74, 6) is -0.150. The Morgan fingerprint density at radius 1 is 0.829 bits per heavy atom. The molecule has 3 aromatic carbocycles. The lowest BCUT2D eigenvalue weighted by Gasteiger charge is -2.12. The minimum atomic E-state index is -0.473. The topological polar surface area (TPSA) is 98.1 Å². The number of nitrogens with one attached hydrogen (secondary N) is 5. The fourth-order valence-corrected chi connectivity index (χ4v) is 4.23. The highest BCUT2D eigenvalue weighted by atomic mass is 35.5. The maximum Gasteiger partial charge on any atom is 0.323 e. The van der Waals surface area contributed by atoms with E-state index >= 15 is 0 Å². The molecule has 0 radical (unpaired) electrons. The van der Waals surface area contributed by atoms with Crippen LogP contribution in [0.2, 0.25) is 10.0 Å². The number of hydrogen-bond acceptors (Lipinski definition) is 3. The zero-order chi connectivity index (χ0) is 24.4. The van der Waals surface area contributed by atoms with Gasteiger partial charge < -0.3 is 26.3 Å². The standard InChI is InChI=1S/C26H19Cl2N5O2/c27-21-7-2-8-22(28)24(21)33-26(35)31-17-5-1-4-16(12-17)30-18-9-10-19-20(13-15-6-3-11-29-15)25(34)32-23(19)14-18/h1-14,29-30H,(H,32,34)(H2,31,33,35)/b20-13+. The molecule has 35 heavy (non-hydrogen) atoms. The Morgan fingerprint density at radius 3 is 2.34 bits per heavy atom. The maximum atomic E-state index is 12.5. The van der Waals surface area contributed by atoms with Crippen LogP contribution in [0.25, 0.3) is 11.6 Å². The minimum absolute atomic E-state index is 0.150. The van der Waals surface area contributed by atoms with Crippen molar-refractivity contribution < 1.29 is 9.59 Å². The van der Waals surface area contributed by atoms with Gasteiger partial charge >= 0.3 is 6.03 Å². The fourth-order valence-electron chi connectivity index (χ4n) is 3.74. The van der Waals surface area contributed by atoms with Crippen LogP contribution < -0.4 is 21.3 Å². The summed E-state index contributed by atoms with van der Waals surface area (Å²) in [7, 11) is 0. The fraction of sp³-hybridized carbons (Fsp3) is 0. The number of fused-ring (bicyclic) bond motifs is 1. The van der Waals surface area contributed by atoms with Crippen molar-refractivity contribution in [2.24, 2.45) is 0 Å². The molecule has 9 heteroatoms. The number of carbonyl (C=O) groups excluding carboxylic acids is 2. The molecule has 0 atom stereocenters. The summed E-state index contributed by atoms with van der Waals surface area (Å²) < 4.78 is 0. The van der Waals surface area contributed by atoms with Gasteiger partial charge in [-0.2, -0.15) is 0 Å². The summed E-state index contributed by atoms with van der Waals surface area (Å²) in [5, 5.41) is 12.3. The number of H-pyrrole nitrogens is 1. The molecule has 1 aromatic heterocycles. The number of para-hydroxylation sites is 1. The minimum Gasteiger partial charge on any atom is -0.362 e. The van der Waals surface area contributed by atoms with Gasteiger partial charge in [-0.25, -0.2) is 4.79 Å². The molecular formula is C26H19Cl2N5O2. The Balaban J connectivity index is 1.29. The van der Waals surface area contributed by atoms with Gasteiger partial charge in [0.15, 0.2) is 0 Å². The molecule has 4 aromatic rings. The molecule has 0 saturated carbocycles. The second-order valence-electron chi connectivity index (χ2n) is 7.78. The second kappa shape index (κ2) is 9.58. The van der Waals surface area contributed by atoms with Gasteiger partial charge in [-0.05, 0) is 60.7 Å². The molecule has 5 rings (SSSR count). The monoisotopic (exact) mass is 503 g/mol. The van der Waals surface area contributed by atoms with E-state index in [4.69, 9.17) is 23.2 Å². The Bertz CT molecular complexity index is 1440. The molecule has 5 N–H and O–H groups in total. The number of amides is 3. The van der Waals surface area contributed by atoms with Gasteiger partial charge in [-0.3, -0.25) is 4.79 Å². The molecule has 0 aliphatic carbocycles. The zero-order valence-corrected chi connectivity index (χ0v) is 19.7. The molecule has 0 saturated heterocycles. The van der Waals surface area contributed by atoms with E-state index in [9.17, 15) is 9.59 Å². The first-order valence-corrected chi connectivity index (χ1v) is 11.4. The summed E-state index contributed by atoms with van der Waals surface area (Å²) in [6.07, 6.45) is 3.63. The number of benzene rings is 3. The van der Waals surface area contributed by atoms with E-state index in [2.05, 4.69) is 26.3 Å². The van der Waals surface area contributed by atoms with Crippen LogP contribution in [0.1, 0.15) is 11.3 Å². The van der Waals surface area contributed by atoms with Crippen LogP contribution in [0.15, 0.2) is 79.0 Å². The first kappa shape index (κ1) is 22.6. The van der Waals surface area contributed by atoms with Crippen molar-refractivity contribution in [1.82, 2.24) is 4.98 Å². The number of carbonyl (C=O) groups is 2. The normalized spacial score (nSPS) is 13.3. The van der Waals surface area contributed by atoms with E-state index in [1.807, 2.05) is 54.7 Å². The molecule has 7 nitrogen and oxygen atoms in total. The van der Waals surface area contributed by atoms with Gasteiger partial charge in [0.1, 0.15) is 0 Å². The molecule has 0 spiro atoms. The van der Waals surface area contributed by atoms with Crippen LogP contribution in [0.4, 0.5) is 33.2 Å². The summed E-state index contributed by atoms with van der Waals surface area (Å²) in [5.41, 5.74) is 5.47. The Kier molecular flexibility index (Phi) is 6.18. The van der Waals surface area contributed by atoms with Crippen molar-refractivity contribution in [3.05, 3.63) is 100 Å². The lowest BCUT2D eigenvalue weighted by molar-refractivity contribution is -0.110. The Hall–Kier alpha value is -4.20. The van der Waals surface area contributed by atoms with E-state index in [-0.39, 0.29) is 5.91 Å². The smallest absolute Gasteiger partial charge is 0.323 e. The Labute approximate surface area is 211 Å². The number of aromatic amines is 1. The van der Waals surface area contributed by atoms with E-state index in [0.717, 1.165) is 28.3 Å². The largest absolute Gasteiger partial charge is 0.362 e. The third-order valence-corrected chi connectivity index (χ3v) is 5.96. The van der Waals surface area contributed by atoms with Crippen molar-refractivity contribution in [3.63, 3.8) is 0 Å². The molecule has 1 aliphatic heterocycles. The first-order valence-electron chi connectivity index (χ1n) is 10.7. The molecule has 3 amide bonds. The predicted octanol–water partition coefficient (Wildman–Crippen LogP) is 7.20. The van der Waals surface area contributed by atoms with E-state index in [0.29, 0.717) is 27.0 Å². The summed E-state index contributed by atoms with van der Waals surface area (Å²) in [6, 6.07) is 21.2. The summed E-state index contributed by atoms with van der Waals surface area (Å²) >= 11 is 12.2. The first-order chi connectivity index (χ1) is 17.0. The lowest BCUT2D eigenvalue weighted by Crippen LogP contribution is -2.19. The van der Waals surface area contributed by atoms with Crippen molar-refractivity contribution in [2.75, 3.05) is 21.3 Å². The van der Waals surface area contributed by atoms with Crippen LogP contribution >= 0.6 is 23.2 Å². The van der Waals surface area contributed by atoms with Gasteiger partial charge in [0, 0.05) is 34.5 Å². The van der Waals surface area contributed by atoms with Crippen molar-refractivity contribution >= 4 is 75.2 Å². The predicted molar refractivity (Wildman–Crippen MR) is 143 cm³/mol. The van der Waals surface area contributed by atoms with Crippen LogP contribution in [0.3, 0.4) is 0 Å². The highest BCUT2D eigenvalue weighted by Crippen LogP contribution is 2.36. The number of hydrogen-bond donors (Lipinski definition) is 5. The average molecular weight is 504 g/mol. The van der Waals surface area contributed by atoms with Crippen LogP contribution in [-0.4, -0.2) is 16.9 Å². The van der Waals surface area contributed by atoms with E-state index < -0.39 is 6.03 Å². The van der Waals surface area contributed by atoms with E-state index in [1.165, 1.54) is 0 Å². The molecule has 2 heterocycles. The SMILES string of the molecule is O=C(Nc1cccc(Nc2ccc3c(c2)NC(=O)/C3=C/c2ccc[nH]2)c1)Nc1c(Cl)cccc1Cl. The quantitative estimate of drug-likeness (QED) is 0.186. The van der Waals surface area contributed by atoms with Crippen molar-refractivity contribution in [1.29, 1.82) is 0 Å². The maximum absolute atomic E-state index is 12.5. The van der Waals surface area contributed by atoms with Gasteiger partial charge in [-0.15, -0.1) is 0 Å². The third kappa shape index (κ3) is 5.01. The number of anilines is 5. The summed E-state index contributed by atoms with van der Waals surface area (Å²) in [6.45, 7) is 0. The summed E-state index contributed by atoms with van der Waals surface area (Å²) in [4.78, 5) is 28.0. The number of rotatable bonds is 5. The third-order valence-electron chi connectivity index (χ3n) is 5.33. The van der Waals surface area contributed by atoms with Gasteiger partial charge in [-0.1, -0.05) is 41.4 Å². The van der Waals surface area contributed by atoms with Gasteiger partial charge in [0.25, 0.3) is 5.91 Å². The number of halogens is 2.